The number of hydrogen-bond acceptors (Lipinski definition) is 3. The van der Waals surface area contributed by atoms with E-state index in [9.17, 15) is 9.59 Å². The lowest BCUT2D eigenvalue weighted by atomic mass is 9.98. The van der Waals surface area contributed by atoms with E-state index in [2.05, 4.69) is 0 Å². The van der Waals surface area contributed by atoms with Gasteiger partial charge in [-0.05, 0) is 18.1 Å². The lowest BCUT2D eigenvalue weighted by Crippen LogP contribution is -2.29. The number of aliphatic carboxylic acids is 1. The summed E-state index contributed by atoms with van der Waals surface area (Å²) in [5, 5.41) is 8.96. The molecule has 2 aromatic rings. The third-order valence-electron chi connectivity index (χ3n) is 3.87. The number of benzene rings is 1. The quantitative estimate of drug-likeness (QED) is 0.882. The number of rotatable bonds is 3. The molecular weight excluding hydrogens is 294 g/mol. The van der Waals surface area contributed by atoms with Gasteiger partial charge in [0.1, 0.15) is 5.76 Å². The van der Waals surface area contributed by atoms with E-state index in [1.807, 2.05) is 37.3 Å². The first-order valence-electron chi connectivity index (χ1n) is 7.41. The van der Waals surface area contributed by atoms with Gasteiger partial charge in [-0.2, -0.15) is 0 Å². The fraction of sp³-hybridized carbons (Fsp3) is 0.222. The third kappa shape index (κ3) is 3.04. The standard InChI is InChI=1S/C18H17NO4/c1-12-10-19(11-13-5-3-2-4-6-13)18(22)14-7-8-23-15(17(12)14)9-16(20)21/h2-6,9-10H,7-8,11H2,1H3,(H,20,21). The molecule has 3 rings (SSSR count). The highest BCUT2D eigenvalue weighted by atomic mass is 16.5. The van der Waals surface area contributed by atoms with Crippen LogP contribution in [-0.4, -0.2) is 22.2 Å². The van der Waals surface area contributed by atoms with Crippen LogP contribution in [-0.2, 0) is 22.5 Å². The van der Waals surface area contributed by atoms with E-state index in [1.54, 1.807) is 10.8 Å². The van der Waals surface area contributed by atoms with Crippen LogP contribution in [0, 0.1) is 6.92 Å². The van der Waals surface area contributed by atoms with Crippen molar-refractivity contribution in [1.29, 1.82) is 0 Å². The number of ether oxygens (including phenoxy) is 1. The molecule has 0 amide bonds. The predicted molar refractivity (Wildman–Crippen MR) is 86.3 cm³/mol. The van der Waals surface area contributed by atoms with Crippen molar-refractivity contribution in [2.24, 2.45) is 0 Å². The first-order chi connectivity index (χ1) is 11.1. The Balaban J connectivity index is 2.09. The van der Waals surface area contributed by atoms with Crippen LogP contribution >= 0.6 is 0 Å². The zero-order valence-electron chi connectivity index (χ0n) is 12.8. The molecule has 0 aliphatic carbocycles. The zero-order valence-corrected chi connectivity index (χ0v) is 12.8. The molecule has 0 saturated carbocycles. The molecule has 0 bridgehead atoms. The van der Waals surface area contributed by atoms with Crippen molar-refractivity contribution in [3.8, 4) is 0 Å². The maximum absolute atomic E-state index is 12.7. The molecule has 0 atom stereocenters. The van der Waals surface area contributed by atoms with Crippen molar-refractivity contribution in [1.82, 2.24) is 4.57 Å². The summed E-state index contributed by atoms with van der Waals surface area (Å²) >= 11 is 0. The van der Waals surface area contributed by atoms with E-state index in [1.165, 1.54) is 0 Å². The van der Waals surface area contributed by atoms with E-state index in [0.29, 0.717) is 30.7 Å². The minimum absolute atomic E-state index is 0.0889. The van der Waals surface area contributed by atoms with E-state index >= 15 is 0 Å². The van der Waals surface area contributed by atoms with E-state index in [-0.39, 0.29) is 11.3 Å². The maximum Gasteiger partial charge on any atom is 0.332 e. The average molecular weight is 311 g/mol. The van der Waals surface area contributed by atoms with Gasteiger partial charge in [-0.3, -0.25) is 4.79 Å². The minimum Gasteiger partial charge on any atom is -0.492 e. The molecule has 23 heavy (non-hydrogen) atoms. The number of fused-ring (bicyclic) bond motifs is 1. The second-order valence-corrected chi connectivity index (χ2v) is 5.53. The van der Waals surface area contributed by atoms with Gasteiger partial charge in [-0.15, -0.1) is 0 Å². The molecule has 1 aliphatic rings. The molecule has 0 fully saturated rings. The van der Waals surface area contributed by atoms with E-state index < -0.39 is 5.97 Å². The van der Waals surface area contributed by atoms with Gasteiger partial charge < -0.3 is 14.4 Å². The lowest BCUT2D eigenvalue weighted by molar-refractivity contribution is -0.131. The molecule has 1 N–H and O–H groups in total. The number of carboxylic acids is 1. The van der Waals surface area contributed by atoms with Crippen molar-refractivity contribution in [3.05, 3.63) is 75.2 Å². The normalized spacial score (nSPS) is 15.1. The van der Waals surface area contributed by atoms with Gasteiger partial charge in [0, 0.05) is 23.7 Å². The van der Waals surface area contributed by atoms with Crippen LogP contribution in [0.25, 0.3) is 5.76 Å². The molecule has 2 heterocycles. The van der Waals surface area contributed by atoms with Crippen LogP contribution in [0.1, 0.15) is 22.3 Å². The third-order valence-corrected chi connectivity index (χ3v) is 3.87. The molecule has 5 nitrogen and oxygen atoms in total. The number of aromatic nitrogens is 1. The molecule has 1 aromatic carbocycles. The Labute approximate surface area is 133 Å². The topological polar surface area (TPSA) is 68.5 Å². The van der Waals surface area contributed by atoms with Gasteiger partial charge in [-0.25, -0.2) is 4.79 Å². The van der Waals surface area contributed by atoms with Gasteiger partial charge in [-0.1, -0.05) is 30.3 Å². The van der Waals surface area contributed by atoms with Crippen molar-refractivity contribution in [3.63, 3.8) is 0 Å². The van der Waals surface area contributed by atoms with Crippen molar-refractivity contribution >= 4 is 11.7 Å². The fourth-order valence-corrected chi connectivity index (χ4v) is 2.91. The number of carbonyl (C=O) groups is 1. The number of pyridine rings is 1. The van der Waals surface area contributed by atoms with Crippen molar-refractivity contribution < 1.29 is 14.6 Å². The number of nitrogens with zero attached hydrogens (tertiary/aromatic N) is 1. The summed E-state index contributed by atoms with van der Waals surface area (Å²) in [5.74, 6) is -0.819. The highest BCUT2D eigenvalue weighted by Crippen LogP contribution is 2.27. The summed E-state index contributed by atoms with van der Waals surface area (Å²) in [6.07, 6.45) is 3.27. The van der Waals surface area contributed by atoms with Crippen LogP contribution in [0.4, 0.5) is 0 Å². The Morgan fingerprint density at radius 3 is 2.78 bits per heavy atom. The lowest BCUT2D eigenvalue weighted by Gasteiger charge is -2.23. The van der Waals surface area contributed by atoms with Crippen molar-refractivity contribution in [2.45, 2.75) is 19.9 Å². The Morgan fingerprint density at radius 2 is 2.09 bits per heavy atom. The summed E-state index contributed by atoms with van der Waals surface area (Å²) < 4.78 is 7.12. The monoisotopic (exact) mass is 311 g/mol. The average Bonchev–Trinajstić information content (AvgIpc) is 2.52. The maximum atomic E-state index is 12.7. The van der Waals surface area contributed by atoms with Crippen LogP contribution in [0.5, 0.6) is 0 Å². The first-order valence-corrected chi connectivity index (χ1v) is 7.41. The highest BCUT2D eigenvalue weighted by molar-refractivity contribution is 5.89. The second kappa shape index (κ2) is 6.12. The highest BCUT2D eigenvalue weighted by Gasteiger charge is 2.23. The van der Waals surface area contributed by atoms with E-state index in [0.717, 1.165) is 17.2 Å². The summed E-state index contributed by atoms with van der Waals surface area (Å²) in [5.41, 5.74) is 3.03. The Hall–Kier alpha value is -2.82. The van der Waals surface area contributed by atoms with Gasteiger partial charge in [0.2, 0.25) is 0 Å². The van der Waals surface area contributed by atoms with E-state index in [4.69, 9.17) is 9.84 Å². The predicted octanol–water partition coefficient (Wildman–Crippen LogP) is 2.20. The summed E-state index contributed by atoms with van der Waals surface area (Å²) in [7, 11) is 0. The van der Waals surface area contributed by atoms with Crippen LogP contribution in [0.3, 0.4) is 0 Å². The van der Waals surface area contributed by atoms with Gasteiger partial charge in [0.25, 0.3) is 5.56 Å². The molecule has 0 saturated heterocycles. The summed E-state index contributed by atoms with van der Waals surface area (Å²) in [4.78, 5) is 23.7. The second-order valence-electron chi connectivity index (χ2n) is 5.53. The number of hydrogen-bond donors (Lipinski definition) is 1. The zero-order chi connectivity index (χ0) is 16.4. The molecule has 118 valence electrons. The number of aryl methyl sites for hydroxylation is 1. The molecule has 0 spiro atoms. The van der Waals surface area contributed by atoms with Crippen LogP contribution in [0.15, 0.2) is 47.4 Å². The smallest absolute Gasteiger partial charge is 0.332 e. The minimum atomic E-state index is -1.08. The van der Waals surface area contributed by atoms with Gasteiger partial charge in [0.05, 0.1) is 19.2 Å². The summed E-state index contributed by atoms with van der Waals surface area (Å²) in [6.45, 7) is 2.67. The van der Waals surface area contributed by atoms with Gasteiger partial charge in [0.15, 0.2) is 0 Å². The molecule has 0 unspecified atom stereocenters. The molecule has 5 heteroatoms. The van der Waals surface area contributed by atoms with Gasteiger partial charge >= 0.3 is 5.97 Å². The Morgan fingerprint density at radius 1 is 1.35 bits per heavy atom. The molecule has 1 aliphatic heterocycles. The van der Waals surface area contributed by atoms with Crippen LogP contribution in [0.2, 0.25) is 0 Å². The molecular formula is C18H17NO4. The SMILES string of the molecule is Cc1cn(Cc2ccccc2)c(=O)c2c1C(=CC(=O)O)OCC2. The summed E-state index contributed by atoms with van der Waals surface area (Å²) in [6, 6.07) is 9.76. The Bertz CT molecular complexity index is 834. The van der Waals surface area contributed by atoms with Crippen molar-refractivity contribution in [2.75, 3.05) is 6.61 Å². The molecule has 0 radical (unpaired) electrons. The fourth-order valence-electron chi connectivity index (χ4n) is 2.91. The number of carboxylic acid groups (broad SMARTS) is 1. The van der Waals surface area contributed by atoms with Crippen LogP contribution < -0.4 is 5.56 Å². The largest absolute Gasteiger partial charge is 0.492 e. The first kappa shape index (κ1) is 15.1. The Kier molecular flexibility index (Phi) is 4.02. The molecule has 1 aromatic heterocycles.